The summed E-state index contributed by atoms with van der Waals surface area (Å²) in [6, 6.07) is 6.36. The Morgan fingerprint density at radius 2 is 1.95 bits per heavy atom. The minimum absolute atomic E-state index is 0.195. The third-order valence-electron chi connectivity index (χ3n) is 2.89. The summed E-state index contributed by atoms with van der Waals surface area (Å²) in [5.74, 6) is -1.62. The second-order valence-corrected chi connectivity index (χ2v) is 4.28. The van der Waals surface area contributed by atoms with Gasteiger partial charge in [-0.15, -0.1) is 0 Å². The first-order valence-corrected chi connectivity index (χ1v) is 6.31. The summed E-state index contributed by atoms with van der Waals surface area (Å²) in [6.07, 6.45) is 1.22. The van der Waals surface area contributed by atoms with Gasteiger partial charge < -0.3 is 19.7 Å². The van der Waals surface area contributed by atoms with Gasteiger partial charge in [-0.25, -0.2) is 14.6 Å². The molecule has 8 heteroatoms. The summed E-state index contributed by atoms with van der Waals surface area (Å²) >= 11 is 0. The van der Waals surface area contributed by atoms with Crippen LogP contribution < -0.4 is 4.74 Å². The lowest BCUT2D eigenvalue weighted by Crippen LogP contribution is -2.08. The predicted octanol–water partition coefficient (Wildman–Crippen LogP) is 1.15. The molecule has 0 spiro atoms. The Labute approximate surface area is 125 Å². The number of hydrogen-bond acceptors (Lipinski definition) is 6. The van der Waals surface area contributed by atoms with Gasteiger partial charge in [-0.1, -0.05) is 0 Å². The number of carboxylic acids is 1. The number of carbonyl (C=O) groups excluding carboxylic acids is 1. The van der Waals surface area contributed by atoms with Gasteiger partial charge in [-0.3, -0.25) is 4.57 Å². The molecule has 1 heterocycles. The van der Waals surface area contributed by atoms with Crippen LogP contribution in [0.15, 0.2) is 30.6 Å². The van der Waals surface area contributed by atoms with Crippen LogP contribution >= 0.6 is 0 Å². The number of esters is 1. The molecule has 0 amide bonds. The van der Waals surface area contributed by atoms with Crippen molar-refractivity contribution in [3.63, 3.8) is 0 Å². The third-order valence-corrected chi connectivity index (χ3v) is 2.89. The molecule has 22 heavy (non-hydrogen) atoms. The van der Waals surface area contributed by atoms with Crippen LogP contribution in [0.2, 0.25) is 0 Å². The quantitative estimate of drug-likeness (QED) is 0.770. The lowest BCUT2D eigenvalue weighted by atomic mass is 10.2. The number of aromatic carboxylic acids is 1. The molecule has 0 fully saturated rings. The second-order valence-electron chi connectivity index (χ2n) is 4.28. The molecule has 1 aromatic carbocycles. The van der Waals surface area contributed by atoms with E-state index in [1.54, 1.807) is 24.3 Å². The van der Waals surface area contributed by atoms with Crippen molar-refractivity contribution in [2.45, 2.75) is 6.54 Å². The number of benzene rings is 1. The number of carbonyl (C=O) groups is 2. The van der Waals surface area contributed by atoms with E-state index in [1.165, 1.54) is 18.0 Å². The highest BCUT2D eigenvalue weighted by Crippen LogP contribution is 2.16. The minimum Gasteiger partial charge on any atom is -0.493 e. The van der Waals surface area contributed by atoms with Gasteiger partial charge >= 0.3 is 11.9 Å². The molecular formula is C14H14N2O6. The van der Waals surface area contributed by atoms with Gasteiger partial charge in [-0.2, -0.15) is 0 Å². The number of aromatic hydroxyl groups is 1. The van der Waals surface area contributed by atoms with E-state index in [9.17, 15) is 14.7 Å². The molecule has 0 aliphatic heterocycles. The molecule has 0 aliphatic rings. The zero-order valence-electron chi connectivity index (χ0n) is 11.7. The van der Waals surface area contributed by atoms with Gasteiger partial charge in [0, 0.05) is 0 Å². The average molecular weight is 306 g/mol. The number of aromatic nitrogens is 2. The van der Waals surface area contributed by atoms with Crippen molar-refractivity contribution in [1.82, 2.24) is 9.55 Å². The van der Waals surface area contributed by atoms with Crippen LogP contribution in [0.1, 0.15) is 20.8 Å². The van der Waals surface area contributed by atoms with Crippen LogP contribution in [0.4, 0.5) is 0 Å². The summed E-state index contributed by atoms with van der Waals surface area (Å²) in [6.45, 7) is 0.422. The molecule has 2 rings (SSSR count). The number of ether oxygens (including phenoxy) is 2. The summed E-state index contributed by atoms with van der Waals surface area (Å²) in [5.41, 5.74) is 0.00985. The fourth-order valence-corrected chi connectivity index (χ4v) is 1.76. The highest BCUT2D eigenvalue weighted by atomic mass is 16.5. The summed E-state index contributed by atoms with van der Waals surface area (Å²) < 4.78 is 11.3. The van der Waals surface area contributed by atoms with E-state index >= 15 is 0 Å². The van der Waals surface area contributed by atoms with Crippen molar-refractivity contribution in [1.29, 1.82) is 0 Å². The number of carboxylic acid groups (broad SMARTS) is 1. The Hall–Kier alpha value is -3.03. The molecule has 2 N–H and O–H groups in total. The van der Waals surface area contributed by atoms with E-state index in [4.69, 9.17) is 9.84 Å². The molecule has 0 saturated carbocycles. The third kappa shape index (κ3) is 3.35. The first kappa shape index (κ1) is 15.4. The van der Waals surface area contributed by atoms with Gasteiger partial charge in [0.15, 0.2) is 0 Å². The maximum absolute atomic E-state index is 11.3. The van der Waals surface area contributed by atoms with Crippen LogP contribution in [-0.4, -0.2) is 45.4 Å². The molecule has 116 valence electrons. The lowest BCUT2D eigenvalue weighted by Gasteiger charge is -2.08. The fraction of sp³-hybridized carbons (Fsp3) is 0.214. The molecule has 0 bridgehead atoms. The summed E-state index contributed by atoms with van der Waals surface area (Å²) in [7, 11) is 1.30. The van der Waals surface area contributed by atoms with Crippen molar-refractivity contribution in [3.05, 3.63) is 41.9 Å². The van der Waals surface area contributed by atoms with E-state index in [0.717, 1.165) is 0 Å². The number of rotatable bonds is 6. The zero-order valence-corrected chi connectivity index (χ0v) is 11.7. The molecule has 0 aliphatic carbocycles. The van der Waals surface area contributed by atoms with Gasteiger partial charge in [0.05, 0.1) is 25.5 Å². The molecule has 0 saturated heterocycles. The Morgan fingerprint density at radius 3 is 2.50 bits per heavy atom. The summed E-state index contributed by atoms with van der Waals surface area (Å²) in [4.78, 5) is 25.6. The minimum atomic E-state index is -1.30. The Morgan fingerprint density at radius 1 is 1.27 bits per heavy atom. The van der Waals surface area contributed by atoms with E-state index < -0.39 is 23.5 Å². The number of imidazole rings is 1. The number of methoxy groups -OCH3 is 1. The SMILES string of the molecule is COC(=O)c1ccc(OCCn2cnc(C(=O)O)c2O)cc1. The van der Waals surface area contributed by atoms with E-state index in [1.807, 2.05) is 0 Å². The van der Waals surface area contributed by atoms with Crippen molar-refractivity contribution in [2.75, 3.05) is 13.7 Å². The Balaban J connectivity index is 1.91. The maximum Gasteiger partial charge on any atom is 0.360 e. The van der Waals surface area contributed by atoms with Crippen LogP contribution in [0.25, 0.3) is 0 Å². The molecule has 0 radical (unpaired) electrons. The van der Waals surface area contributed by atoms with Gasteiger partial charge in [0.2, 0.25) is 11.6 Å². The summed E-state index contributed by atoms with van der Waals surface area (Å²) in [5, 5.41) is 18.4. The largest absolute Gasteiger partial charge is 0.493 e. The predicted molar refractivity (Wildman–Crippen MR) is 74.1 cm³/mol. The Kier molecular flexibility index (Phi) is 4.62. The molecule has 0 unspecified atom stereocenters. The molecule has 1 aromatic heterocycles. The normalized spacial score (nSPS) is 10.2. The van der Waals surface area contributed by atoms with Crippen LogP contribution in [0.5, 0.6) is 11.6 Å². The number of nitrogens with zero attached hydrogens (tertiary/aromatic N) is 2. The van der Waals surface area contributed by atoms with E-state index in [-0.39, 0.29) is 13.2 Å². The number of hydrogen-bond donors (Lipinski definition) is 2. The maximum atomic E-state index is 11.3. The van der Waals surface area contributed by atoms with E-state index in [0.29, 0.717) is 11.3 Å². The van der Waals surface area contributed by atoms with Crippen molar-refractivity contribution in [2.24, 2.45) is 0 Å². The topological polar surface area (TPSA) is 111 Å². The van der Waals surface area contributed by atoms with Crippen molar-refractivity contribution >= 4 is 11.9 Å². The first-order chi connectivity index (χ1) is 10.5. The zero-order chi connectivity index (χ0) is 16.1. The van der Waals surface area contributed by atoms with Crippen molar-refractivity contribution < 1.29 is 29.3 Å². The Bertz CT molecular complexity index is 677. The standard InChI is InChI=1S/C14H14N2O6/c1-21-14(20)9-2-4-10(5-3-9)22-7-6-16-8-15-11(12(16)17)13(18)19/h2-5,8,17H,6-7H2,1H3,(H,18,19). The van der Waals surface area contributed by atoms with Gasteiger partial charge in [-0.05, 0) is 24.3 Å². The van der Waals surface area contributed by atoms with Crippen LogP contribution in [0, 0.1) is 0 Å². The van der Waals surface area contributed by atoms with E-state index in [2.05, 4.69) is 9.72 Å². The first-order valence-electron chi connectivity index (χ1n) is 6.31. The average Bonchev–Trinajstić information content (AvgIpc) is 2.88. The van der Waals surface area contributed by atoms with Crippen molar-refractivity contribution in [3.8, 4) is 11.6 Å². The van der Waals surface area contributed by atoms with Crippen LogP contribution in [0.3, 0.4) is 0 Å². The van der Waals surface area contributed by atoms with Crippen LogP contribution in [-0.2, 0) is 11.3 Å². The highest BCUT2D eigenvalue weighted by Gasteiger charge is 2.16. The monoisotopic (exact) mass is 306 g/mol. The van der Waals surface area contributed by atoms with Gasteiger partial charge in [0.1, 0.15) is 12.4 Å². The highest BCUT2D eigenvalue weighted by molar-refractivity contribution is 5.89. The van der Waals surface area contributed by atoms with Gasteiger partial charge in [0.25, 0.3) is 0 Å². The lowest BCUT2D eigenvalue weighted by molar-refractivity contribution is 0.0599. The molecule has 8 nitrogen and oxygen atoms in total. The smallest absolute Gasteiger partial charge is 0.360 e. The second kappa shape index (κ2) is 6.61. The molecular weight excluding hydrogens is 292 g/mol. The molecule has 0 atom stereocenters. The fourth-order valence-electron chi connectivity index (χ4n) is 1.76. The molecule has 2 aromatic rings.